The van der Waals surface area contributed by atoms with Crippen LogP contribution in [0, 0.1) is 19.7 Å². The van der Waals surface area contributed by atoms with E-state index in [4.69, 9.17) is 0 Å². The van der Waals surface area contributed by atoms with Gasteiger partial charge < -0.3 is 4.98 Å². The number of aromatic amines is 1. The summed E-state index contributed by atoms with van der Waals surface area (Å²) in [6.07, 6.45) is 7.81. The third-order valence-electron chi connectivity index (χ3n) is 3.66. The van der Waals surface area contributed by atoms with Crippen molar-refractivity contribution in [1.82, 2.24) is 9.97 Å². The second kappa shape index (κ2) is 8.78. The number of allylic oxidation sites excluding steroid dienone is 2. The van der Waals surface area contributed by atoms with Crippen molar-refractivity contribution < 1.29 is 4.39 Å². The number of pyridine rings is 1. The number of H-pyrrole nitrogens is 1. The Bertz CT molecular complexity index is 846. The maximum absolute atomic E-state index is 11.9. The highest BCUT2D eigenvalue weighted by atomic mass is 19.1. The molecule has 2 nitrogen and oxygen atoms in total. The molecule has 3 heteroatoms. The van der Waals surface area contributed by atoms with Crippen molar-refractivity contribution in [3.63, 3.8) is 0 Å². The minimum absolute atomic E-state index is 0.178. The first kappa shape index (κ1) is 18.4. The van der Waals surface area contributed by atoms with E-state index in [1.165, 1.54) is 40.2 Å². The number of hydrogen-bond acceptors (Lipinski definition) is 1. The predicted molar refractivity (Wildman–Crippen MR) is 104 cm³/mol. The zero-order chi connectivity index (χ0) is 18.2. The Morgan fingerprint density at radius 2 is 1.68 bits per heavy atom. The standard InChI is InChI=1S/C16H18N2.C6H5F/c1-11(2)5-6-15-12(3)18-13(4)16(15)14-7-9-17-10-8-14;7-6-4-2-1-3-5-6/h5-10,18H,1H2,2-4H3;1-5H/b6-5-;. The van der Waals surface area contributed by atoms with Gasteiger partial charge in [-0.05, 0) is 50.6 Å². The van der Waals surface area contributed by atoms with E-state index in [0.29, 0.717) is 0 Å². The summed E-state index contributed by atoms with van der Waals surface area (Å²) in [7, 11) is 0. The van der Waals surface area contributed by atoms with Gasteiger partial charge in [0.25, 0.3) is 0 Å². The summed E-state index contributed by atoms with van der Waals surface area (Å²) < 4.78 is 11.9. The minimum Gasteiger partial charge on any atom is -0.362 e. The molecule has 0 amide bonds. The Hall–Kier alpha value is -2.94. The highest BCUT2D eigenvalue weighted by Crippen LogP contribution is 2.30. The molecule has 0 spiro atoms. The van der Waals surface area contributed by atoms with Gasteiger partial charge in [0.1, 0.15) is 5.82 Å². The molecule has 0 atom stereocenters. The molecule has 0 saturated heterocycles. The molecule has 1 N–H and O–H groups in total. The van der Waals surface area contributed by atoms with Crippen molar-refractivity contribution in [1.29, 1.82) is 0 Å². The van der Waals surface area contributed by atoms with Gasteiger partial charge in [0.2, 0.25) is 0 Å². The van der Waals surface area contributed by atoms with Crippen molar-refractivity contribution in [3.8, 4) is 11.1 Å². The second-order valence-electron chi connectivity index (χ2n) is 5.87. The van der Waals surface area contributed by atoms with Crippen molar-refractivity contribution in [3.05, 3.63) is 95.9 Å². The average Bonchev–Trinajstić information content (AvgIpc) is 2.88. The van der Waals surface area contributed by atoms with Crippen LogP contribution in [0.3, 0.4) is 0 Å². The van der Waals surface area contributed by atoms with Crippen LogP contribution >= 0.6 is 0 Å². The molecule has 0 unspecified atom stereocenters. The Kier molecular flexibility index (Phi) is 6.47. The van der Waals surface area contributed by atoms with Crippen molar-refractivity contribution >= 4 is 6.08 Å². The van der Waals surface area contributed by atoms with E-state index in [-0.39, 0.29) is 5.82 Å². The molecule has 3 aromatic rings. The smallest absolute Gasteiger partial charge is 0.123 e. The van der Waals surface area contributed by atoms with Gasteiger partial charge in [0.05, 0.1) is 0 Å². The average molecular weight is 334 g/mol. The van der Waals surface area contributed by atoms with Gasteiger partial charge in [-0.1, -0.05) is 42.5 Å². The minimum atomic E-state index is -0.178. The lowest BCUT2D eigenvalue weighted by Crippen LogP contribution is -1.82. The first-order valence-electron chi connectivity index (χ1n) is 8.12. The zero-order valence-corrected chi connectivity index (χ0v) is 14.9. The van der Waals surface area contributed by atoms with E-state index in [0.717, 1.165) is 5.57 Å². The largest absolute Gasteiger partial charge is 0.362 e. The van der Waals surface area contributed by atoms with Crippen LogP contribution in [0.5, 0.6) is 0 Å². The number of aromatic nitrogens is 2. The third kappa shape index (κ3) is 5.28. The van der Waals surface area contributed by atoms with Gasteiger partial charge in [-0.2, -0.15) is 0 Å². The Balaban J connectivity index is 0.000000269. The molecule has 2 aromatic heterocycles. The van der Waals surface area contributed by atoms with E-state index in [9.17, 15) is 4.39 Å². The number of halogens is 1. The molecule has 1 aromatic carbocycles. The molecular weight excluding hydrogens is 311 g/mol. The first-order chi connectivity index (χ1) is 12.0. The molecule has 0 bridgehead atoms. The monoisotopic (exact) mass is 334 g/mol. The predicted octanol–water partition coefficient (Wildman–Crippen LogP) is 6.11. The third-order valence-corrected chi connectivity index (χ3v) is 3.66. The first-order valence-corrected chi connectivity index (χ1v) is 8.12. The molecule has 0 aliphatic carbocycles. The summed E-state index contributed by atoms with van der Waals surface area (Å²) in [5.74, 6) is -0.178. The molecule has 0 saturated carbocycles. The molecule has 0 aliphatic heterocycles. The highest BCUT2D eigenvalue weighted by Gasteiger charge is 2.11. The lowest BCUT2D eigenvalue weighted by atomic mass is 10.0. The lowest BCUT2D eigenvalue weighted by Gasteiger charge is -2.03. The van der Waals surface area contributed by atoms with Crippen molar-refractivity contribution in [2.45, 2.75) is 20.8 Å². The van der Waals surface area contributed by atoms with Gasteiger partial charge in [-0.25, -0.2) is 4.39 Å². The zero-order valence-electron chi connectivity index (χ0n) is 14.9. The fourth-order valence-electron chi connectivity index (χ4n) is 2.54. The Morgan fingerprint density at radius 1 is 1.04 bits per heavy atom. The van der Waals surface area contributed by atoms with Gasteiger partial charge in [0, 0.05) is 34.9 Å². The molecular formula is C22H23FN2. The number of rotatable bonds is 3. The molecule has 3 rings (SSSR count). The Labute approximate surface area is 148 Å². The van der Waals surface area contributed by atoms with Crippen molar-refractivity contribution in [2.24, 2.45) is 0 Å². The van der Waals surface area contributed by atoms with Crippen LogP contribution in [0.2, 0.25) is 0 Å². The van der Waals surface area contributed by atoms with E-state index in [2.05, 4.69) is 36.5 Å². The van der Waals surface area contributed by atoms with Crippen LogP contribution in [0.15, 0.2) is 73.1 Å². The van der Waals surface area contributed by atoms with Gasteiger partial charge in [0.15, 0.2) is 0 Å². The van der Waals surface area contributed by atoms with Crippen LogP contribution in [0.25, 0.3) is 17.2 Å². The molecule has 0 fully saturated rings. The Morgan fingerprint density at radius 3 is 2.20 bits per heavy atom. The molecule has 25 heavy (non-hydrogen) atoms. The number of benzene rings is 1. The topological polar surface area (TPSA) is 28.7 Å². The summed E-state index contributed by atoms with van der Waals surface area (Å²) in [6, 6.07) is 12.0. The van der Waals surface area contributed by atoms with E-state index >= 15 is 0 Å². The summed E-state index contributed by atoms with van der Waals surface area (Å²) in [4.78, 5) is 7.47. The maximum Gasteiger partial charge on any atom is 0.123 e. The quantitative estimate of drug-likeness (QED) is 0.575. The lowest BCUT2D eigenvalue weighted by molar-refractivity contribution is 0.628. The number of nitrogens with zero attached hydrogens (tertiary/aromatic N) is 1. The summed E-state index contributed by atoms with van der Waals surface area (Å²) in [6.45, 7) is 10.1. The number of hydrogen-bond donors (Lipinski definition) is 1. The molecule has 0 aliphatic rings. The van der Waals surface area contributed by atoms with Crippen molar-refractivity contribution in [2.75, 3.05) is 0 Å². The van der Waals surface area contributed by atoms with E-state index in [1.54, 1.807) is 18.2 Å². The maximum atomic E-state index is 11.9. The highest BCUT2D eigenvalue weighted by molar-refractivity contribution is 5.79. The normalized spacial score (nSPS) is 10.4. The van der Waals surface area contributed by atoms with Gasteiger partial charge >= 0.3 is 0 Å². The summed E-state index contributed by atoms with van der Waals surface area (Å²) >= 11 is 0. The van der Waals surface area contributed by atoms with Gasteiger partial charge in [-0.15, -0.1) is 0 Å². The fourth-order valence-corrected chi connectivity index (χ4v) is 2.54. The number of aryl methyl sites for hydroxylation is 2. The SMILES string of the molecule is C=C(C)/C=C\c1c(C)[nH]c(C)c1-c1ccncc1.Fc1ccccc1. The van der Waals surface area contributed by atoms with E-state index in [1.807, 2.05) is 37.5 Å². The van der Waals surface area contributed by atoms with Crippen LogP contribution in [-0.4, -0.2) is 9.97 Å². The summed E-state index contributed by atoms with van der Waals surface area (Å²) in [5.41, 5.74) is 7.06. The number of nitrogens with one attached hydrogen (secondary N) is 1. The summed E-state index contributed by atoms with van der Waals surface area (Å²) in [5, 5.41) is 0. The second-order valence-corrected chi connectivity index (χ2v) is 5.87. The molecule has 128 valence electrons. The van der Waals surface area contributed by atoms with Crippen LogP contribution in [0.4, 0.5) is 4.39 Å². The van der Waals surface area contributed by atoms with Gasteiger partial charge in [-0.3, -0.25) is 4.98 Å². The van der Waals surface area contributed by atoms with Crippen LogP contribution < -0.4 is 0 Å². The van der Waals surface area contributed by atoms with Crippen LogP contribution in [-0.2, 0) is 0 Å². The van der Waals surface area contributed by atoms with Crippen LogP contribution in [0.1, 0.15) is 23.9 Å². The molecule has 2 heterocycles. The van der Waals surface area contributed by atoms with E-state index < -0.39 is 0 Å². The molecule has 0 radical (unpaired) electrons. The fraction of sp³-hybridized carbons (Fsp3) is 0.136.